The van der Waals surface area contributed by atoms with Gasteiger partial charge >= 0.3 is 0 Å². The van der Waals surface area contributed by atoms with Gasteiger partial charge in [0, 0.05) is 38.4 Å². The Kier molecular flexibility index (Phi) is 5.89. The number of hydrogen-bond donors (Lipinski definition) is 0. The van der Waals surface area contributed by atoms with E-state index < -0.39 is 15.8 Å². The van der Waals surface area contributed by atoms with Crippen molar-refractivity contribution in [3.8, 4) is 0 Å². The minimum absolute atomic E-state index is 0.0947. The first-order valence-electron chi connectivity index (χ1n) is 8.83. The van der Waals surface area contributed by atoms with Gasteiger partial charge < -0.3 is 9.64 Å². The van der Waals surface area contributed by atoms with E-state index in [1.54, 1.807) is 9.21 Å². The molecule has 1 amide bonds. The number of rotatable bonds is 4. The lowest BCUT2D eigenvalue weighted by molar-refractivity contribution is 0.0341. The number of ether oxygens (including phenoxy) is 1. The molecule has 0 N–H and O–H groups in total. The minimum Gasteiger partial charge on any atom is -0.381 e. The molecule has 0 spiro atoms. The Balaban J connectivity index is 1.76. The summed E-state index contributed by atoms with van der Waals surface area (Å²) in [5, 5.41) is 0. The quantitative estimate of drug-likeness (QED) is 0.780. The first kappa shape index (κ1) is 19.2. The number of amides is 1. The van der Waals surface area contributed by atoms with Crippen molar-refractivity contribution in [2.45, 2.75) is 37.8 Å². The van der Waals surface area contributed by atoms with Crippen LogP contribution in [0.1, 0.15) is 36.2 Å². The molecule has 2 saturated heterocycles. The number of nitrogens with zero attached hydrogens (tertiary/aromatic N) is 3. The van der Waals surface area contributed by atoms with Gasteiger partial charge in [0.25, 0.3) is 5.91 Å². The number of hydrogen-bond acceptors (Lipinski definition) is 5. The molecule has 0 saturated carbocycles. The normalized spacial score (nSPS) is 22.6. The summed E-state index contributed by atoms with van der Waals surface area (Å²) >= 11 is 0. The number of sulfonamides is 1. The van der Waals surface area contributed by atoms with Gasteiger partial charge in [-0.2, -0.15) is 4.31 Å². The number of carbonyl (C=O) groups excluding carboxylic acids is 1. The molecule has 1 atom stereocenters. The third-order valence-corrected chi connectivity index (χ3v) is 6.29. The van der Waals surface area contributed by atoms with E-state index in [0.717, 1.165) is 6.20 Å². The van der Waals surface area contributed by atoms with Crippen LogP contribution in [-0.4, -0.2) is 73.2 Å². The van der Waals surface area contributed by atoms with Crippen LogP contribution >= 0.6 is 0 Å². The number of aromatic nitrogens is 1. The molecule has 1 unspecified atom stereocenters. The summed E-state index contributed by atoms with van der Waals surface area (Å²) in [6.45, 7) is 1.96. The molecule has 7 nitrogen and oxygen atoms in total. The minimum atomic E-state index is -3.41. The summed E-state index contributed by atoms with van der Waals surface area (Å²) in [6, 6.07) is 2.20. The van der Waals surface area contributed by atoms with Crippen molar-refractivity contribution < 1.29 is 22.3 Å². The highest BCUT2D eigenvalue weighted by Crippen LogP contribution is 2.26. The molecule has 0 bridgehead atoms. The lowest BCUT2D eigenvalue weighted by Gasteiger charge is -2.42. The number of likely N-dealkylation sites (tertiary alicyclic amines) is 1. The summed E-state index contributed by atoms with van der Waals surface area (Å²) in [6.07, 6.45) is 5.00. The highest BCUT2D eigenvalue weighted by atomic mass is 32.2. The van der Waals surface area contributed by atoms with E-state index in [1.165, 1.54) is 18.4 Å². The second-order valence-electron chi connectivity index (χ2n) is 6.85. The molecule has 0 radical (unpaired) electrons. The van der Waals surface area contributed by atoms with Crippen molar-refractivity contribution in [2.24, 2.45) is 0 Å². The fourth-order valence-corrected chi connectivity index (χ4v) is 5.26. The van der Waals surface area contributed by atoms with Crippen molar-refractivity contribution in [3.63, 3.8) is 0 Å². The predicted octanol–water partition coefficient (Wildman–Crippen LogP) is 1.27. The largest absolute Gasteiger partial charge is 0.381 e. The summed E-state index contributed by atoms with van der Waals surface area (Å²) in [4.78, 5) is 18.1. The topological polar surface area (TPSA) is 79.8 Å². The Labute approximate surface area is 153 Å². The molecule has 2 fully saturated rings. The molecule has 0 aromatic carbocycles. The summed E-state index contributed by atoms with van der Waals surface area (Å²) < 4.78 is 44.8. The maximum Gasteiger partial charge on any atom is 0.272 e. The molecule has 3 heterocycles. The molecule has 2 aliphatic heterocycles. The van der Waals surface area contributed by atoms with Gasteiger partial charge in [0.1, 0.15) is 11.5 Å². The fraction of sp³-hybridized carbons (Fsp3) is 0.647. The van der Waals surface area contributed by atoms with E-state index in [9.17, 15) is 17.6 Å². The van der Waals surface area contributed by atoms with Crippen molar-refractivity contribution in [1.29, 1.82) is 0 Å². The van der Waals surface area contributed by atoms with Crippen LogP contribution in [0.4, 0.5) is 4.39 Å². The van der Waals surface area contributed by atoms with Crippen LogP contribution in [0.2, 0.25) is 0 Å². The third-order valence-electron chi connectivity index (χ3n) is 4.92. The zero-order valence-electron chi connectivity index (χ0n) is 14.8. The van der Waals surface area contributed by atoms with Gasteiger partial charge in [0.2, 0.25) is 10.0 Å². The van der Waals surface area contributed by atoms with Gasteiger partial charge in [-0.3, -0.25) is 4.79 Å². The Morgan fingerprint density at radius 3 is 2.62 bits per heavy atom. The first-order valence-corrected chi connectivity index (χ1v) is 10.7. The Morgan fingerprint density at radius 2 is 2.00 bits per heavy atom. The molecular weight excluding hydrogens is 361 g/mol. The zero-order chi connectivity index (χ0) is 18.7. The third kappa shape index (κ3) is 4.39. The monoisotopic (exact) mass is 385 g/mol. The van der Waals surface area contributed by atoms with Crippen molar-refractivity contribution in [2.75, 3.05) is 32.6 Å². The van der Waals surface area contributed by atoms with Gasteiger partial charge in [-0.1, -0.05) is 0 Å². The molecule has 26 heavy (non-hydrogen) atoms. The van der Waals surface area contributed by atoms with Crippen molar-refractivity contribution in [3.05, 3.63) is 29.8 Å². The lowest BCUT2D eigenvalue weighted by Crippen LogP contribution is -2.55. The maximum atomic E-state index is 13.0. The highest BCUT2D eigenvalue weighted by Gasteiger charge is 2.38. The Bertz CT molecular complexity index is 735. The van der Waals surface area contributed by atoms with E-state index in [1.807, 2.05) is 0 Å². The number of halogens is 1. The molecular formula is C17H24FN3O4S. The van der Waals surface area contributed by atoms with Gasteiger partial charge in [-0.15, -0.1) is 0 Å². The van der Waals surface area contributed by atoms with Crippen LogP contribution in [-0.2, 0) is 14.8 Å². The van der Waals surface area contributed by atoms with Crippen LogP contribution in [0.25, 0.3) is 0 Å². The van der Waals surface area contributed by atoms with E-state index in [2.05, 4.69) is 4.98 Å². The van der Waals surface area contributed by atoms with E-state index in [0.29, 0.717) is 52.0 Å². The standard InChI is InChI=1S/C17H24FN3O4S/c1-26(23,24)21(14-6-9-25-10-7-14)15-3-2-8-20(12-15)17(22)16-5-4-13(18)11-19-16/h4-5,11,14-15H,2-3,6-10,12H2,1H3. The first-order chi connectivity index (χ1) is 12.4. The number of pyridine rings is 1. The molecule has 3 rings (SSSR count). The fourth-order valence-electron chi connectivity index (χ4n) is 3.79. The van der Waals surface area contributed by atoms with Crippen molar-refractivity contribution >= 4 is 15.9 Å². The highest BCUT2D eigenvalue weighted by molar-refractivity contribution is 7.88. The van der Waals surface area contributed by atoms with Crippen molar-refractivity contribution in [1.82, 2.24) is 14.2 Å². The van der Waals surface area contributed by atoms with E-state index in [-0.39, 0.29) is 23.7 Å². The average Bonchev–Trinajstić information content (AvgIpc) is 2.62. The number of piperidine rings is 1. The Hall–Kier alpha value is -1.58. The molecule has 9 heteroatoms. The predicted molar refractivity (Wildman–Crippen MR) is 93.6 cm³/mol. The second kappa shape index (κ2) is 7.98. The summed E-state index contributed by atoms with van der Waals surface area (Å²) in [7, 11) is -3.41. The van der Waals surface area contributed by atoms with Gasteiger partial charge in [-0.05, 0) is 37.8 Å². The lowest BCUT2D eigenvalue weighted by atomic mass is 10.0. The molecule has 1 aromatic heterocycles. The number of carbonyl (C=O) groups is 1. The van der Waals surface area contributed by atoms with E-state index in [4.69, 9.17) is 4.74 Å². The maximum absolute atomic E-state index is 13.0. The van der Waals surface area contributed by atoms with Crippen LogP contribution in [0.5, 0.6) is 0 Å². The Morgan fingerprint density at radius 1 is 1.27 bits per heavy atom. The zero-order valence-corrected chi connectivity index (χ0v) is 15.6. The summed E-state index contributed by atoms with van der Waals surface area (Å²) in [5.41, 5.74) is 0.170. The summed E-state index contributed by atoms with van der Waals surface area (Å²) in [5.74, 6) is -0.795. The molecule has 2 aliphatic rings. The molecule has 1 aromatic rings. The van der Waals surface area contributed by atoms with Gasteiger partial charge in [0.05, 0.1) is 12.5 Å². The van der Waals surface area contributed by atoms with Crippen LogP contribution in [0, 0.1) is 5.82 Å². The van der Waals surface area contributed by atoms with E-state index >= 15 is 0 Å². The van der Waals surface area contributed by atoms with Crippen LogP contribution in [0.3, 0.4) is 0 Å². The SMILES string of the molecule is CS(=O)(=O)N(C1CCOCC1)C1CCCN(C(=O)c2ccc(F)cn2)C1. The molecule has 144 valence electrons. The van der Waals surface area contributed by atoms with Crippen LogP contribution < -0.4 is 0 Å². The van der Waals surface area contributed by atoms with Gasteiger partial charge in [0.15, 0.2) is 0 Å². The van der Waals surface area contributed by atoms with Gasteiger partial charge in [-0.25, -0.2) is 17.8 Å². The second-order valence-corrected chi connectivity index (χ2v) is 8.73. The smallest absolute Gasteiger partial charge is 0.272 e. The molecule has 0 aliphatic carbocycles. The average molecular weight is 385 g/mol. The van der Waals surface area contributed by atoms with Crippen LogP contribution in [0.15, 0.2) is 18.3 Å².